The zero-order valence-corrected chi connectivity index (χ0v) is 13.4. The lowest BCUT2D eigenvalue weighted by Gasteiger charge is -2.14. The summed E-state index contributed by atoms with van der Waals surface area (Å²) < 4.78 is 0. The maximum absolute atomic E-state index is 10.3. The molecule has 0 saturated carbocycles. The Kier molecular flexibility index (Phi) is 3.90. The van der Waals surface area contributed by atoms with Crippen LogP contribution < -0.4 is 0 Å². The number of nitrogens with one attached hydrogen (secondary N) is 1. The topological polar surface area (TPSA) is 39.3 Å². The number of hydrogen-bond acceptors (Lipinski definition) is 2. The van der Waals surface area contributed by atoms with Gasteiger partial charge in [-0.05, 0) is 50.7 Å². The molecule has 3 nitrogen and oxygen atoms in total. The minimum absolute atomic E-state index is 0.370. The molecule has 2 N–H and O–H groups in total. The summed E-state index contributed by atoms with van der Waals surface area (Å²) in [4.78, 5) is 5.54. The van der Waals surface area contributed by atoms with Gasteiger partial charge in [0.1, 0.15) is 5.75 Å². The van der Waals surface area contributed by atoms with Crippen LogP contribution in [0.25, 0.3) is 10.9 Å². The van der Waals surface area contributed by atoms with Crippen LogP contribution in [0.1, 0.15) is 22.4 Å². The monoisotopic (exact) mass is 294 g/mol. The van der Waals surface area contributed by atoms with Crippen molar-refractivity contribution in [1.82, 2.24) is 9.88 Å². The SMILES string of the molecule is Cc1[nH]c2ccc(O)c(CN(C)C)c2c1Cc1ccccc1. The minimum Gasteiger partial charge on any atom is -0.508 e. The van der Waals surface area contributed by atoms with Gasteiger partial charge >= 0.3 is 0 Å². The number of H-pyrrole nitrogens is 1. The number of aromatic amines is 1. The predicted octanol–water partition coefficient (Wildman–Crippen LogP) is 3.83. The quantitative estimate of drug-likeness (QED) is 0.767. The van der Waals surface area contributed by atoms with E-state index in [4.69, 9.17) is 0 Å². The fourth-order valence-electron chi connectivity index (χ4n) is 3.05. The Morgan fingerprint density at radius 2 is 1.73 bits per heavy atom. The zero-order valence-electron chi connectivity index (χ0n) is 13.4. The molecule has 22 heavy (non-hydrogen) atoms. The van der Waals surface area contributed by atoms with Gasteiger partial charge in [0.2, 0.25) is 0 Å². The number of rotatable bonds is 4. The van der Waals surface area contributed by atoms with Gasteiger partial charge in [-0.3, -0.25) is 0 Å². The first-order chi connectivity index (χ1) is 10.6. The maximum atomic E-state index is 10.3. The van der Waals surface area contributed by atoms with Gasteiger partial charge < -0.3 is 15.0 Å². The van der Waals surface area contributed by atoms with Gasteiger partial charge in [0.05, 0.1) is 0 Å². The van der Waals surface area contributed by atoms with E-state index in [0.717, 1.165) is 29.4 Å². The number of aromatic hydroxyl groups is 1. The first-order valence-corrected chi connectivity index (χ1v) is 7.57. The summed E-state index contributed by atoms with van der Waals surface area (Å²) in [5.41, 5.74) is 5.82. The molecule has 2 aromatic carbocycles. The number of nitrogens with zero attached hydrogens (tertiary/aromatic N) is 1. The Hall–Kier alpha value is -2.26. The molecule has 0 aliphatic carbocycles. The third-order valence-corrected chi connectivity index (χ3v) is 4.06. The summed E-state index contributed by atoms with van der Waals surface area (Å²) in [5.74, 6) is 0.370. The second-order valence-corrected chi connectivity index (χ2v) is 6.11. The van der Waals surface area contributed by atoms with Crippen molar-refractivity contribution in [2.45, 2.75) is 19.9 Å². The molecule has 1 aromatic heterocycles. The molecule has 3 aromatic rings. The summed E-state index contributed by atoms with van der Waals surface area (Å²) in [7, 11) is 4.04. The average molecular weight is 294 g/mol. The molecule has 0 fully saturated rings. The van der Waals surface area contributed by atoms with E-state index in [1.54, 1.807) is 6.07 Å². The van der Waals surface area contributed by atoms with Crippen LogP contribution in [0, 0.1) is 6.92 Å². The molecule has 1 heterocycles. The molecule has 3 heteroatoms. The van der Waals surface area contributed by atoms with Crippen molar-refractivity contribution in [2.75, 3.05) is 14.1 Å². The van der Waals surface area contributed by atoms with Crippen molar-refractivity contribution in [3.8, 4) is 5.75 Å². The van der Waals surface area contributed by atoms with Crippen molar-refractivity contribution in [3.63, 3.8) is 0 Å². The molecule has 0 unspecified atom stereocenters. The van der Waals surface area contributed by atoms with Crippen LogP contribution in [0.4, 0.5) is 0 Å². The predicted molar refractivity (Wildman–Crippen MR) is 91.3 cm³/mol. The van der Waals surface area contributed by atoms with Crippen molar-refractivity contribution in [3.05, 3.63) is 64.8 Å². The molecule has 0 bridgehead atoms. The van der Waals surface area contributed by atoms with E-state index in [2.05, 4.69) is 41.1 Å². The highest BCUT2D eigenvalue weighted by molar-refractivity contribution is 5.90. The van der Waals surface area contributed by atoms with Gasteiger partial charge in [-0.25, -0.2) is 0 Å². The third-order valence-electron chi connectivity index (χ3n) is 4.06. The van der Waals surface area contributed by atoms with Crippen molar-refractivity contribution >= 4 is 10.9 Å². The second-order valence-electron chi connectivity index (χ2n) is 6.11. The van der Waals surface area contributed by atoms with E-state index < -0.39 is 0 Å². The number of phenolic OH excluding ortho intramolecular Hbond substituents is 1. The highest BCUT2D eigenvalue weighted by Gasteiger charge is 2.16. The Labute approximate surface area is 131 Å². The zero-order chi connectivity index (χ0) is 15.7. The highest BCUT2D eigenvalue weighted by Crippen LogP contribution is 2.33. The molecule has 114 valence electrons. The van der Waals surface area contributed by atoms with E-state index >= 15 is 0 Å². The Bertz CT molecular complexity index is 788. The van der Waals surface area contributed by atoms with Crippen LogP contribution in [-0.4, -0.2) is 29.1 Å². The van der Waals surface area contributed by atoms with Gasteiger partial charge in [-0.15, -0.1) is 0 Å². The fourth-order valence-corrected chi connectivity index (χ4v) is 3.05. The molecule has 0 atom stereocenters. The van der Waals surface area contributed by atoms with Crippen LogP contribution in [0.5, 0.6) is 5.75 Å². The van der Waals surface area contributed by atoms with Crippen molar-refractivity contribution < 1.29 is 5.11 Å². The van der Waals surface area contributed by atoms with Crippen molar-refractivity contribution in [1.29, 1.82) is 0 Å². The lowest BCUT2D eigenvalue weighted by Crippen LogP contribution is -2.11. The van der Waals surface area contributed by atoms with Crippen LogP contribution in [0.15, 0.2) is 42.5 Å². The molecular formula is C19H22N2O. The van der Waals surface area contributed by atoms with E-state index in [1.165, 1.54) is 16.8 Å². The lowest BCUT2D eigenvalue weighted by atomic mass is 9.98. The Morgan fingerprint density at radius 3 is 2.41 bits per heavy atom. The molecule has 0 aliphatic rings. The Morgan fingerprint density at radius 1 is 1.00 bits per heavy atom. The largest absolute Gasteiger partial charge is 0.508 e. The number of aromatic nitrogens is 1. The van der Waals surface area contributed by atoms with Gasteiger partial charge in [0, 0.05) is 28.7 Å². The molecule has 0 radical (unpaired) electrons. The number of phenols is 1. The normalized spacial score (nSPS) is 11.5. The molecule has 0 aliphatic heterocycles. The summed E-state index contributed by atoms with van der Waals surface area (Å²) in [5, 5.41) is 11.5. The molecule has 0 saturated heterocycles. The Balaban J connectivity index is 2.16. The fraction of sp³-hybridized carbons (Fsp3) is 0.263. The third kappa shape index (κ3) is 2.72. The molecule has 0 amide bonds. The summed E-state index contributed by atoms with van der Waals surface area (Å²) in [6.45, 7) is 2.83. The summed E-state index contributed by atoms with van der Waals surface area (Å²) in [6.07, 6.45) is 0.872. The molecule has 3 rings (SSSR count). The maximum Gasteiger partial charge on any atom is 0.120 e. The number of benzene rings is 2. The van der Waals surface area contributed by atoms with E-state index in [1.807, 2.05) is 26.2 Å². The first-order valence-electron chi connectivity index (χ1n) is 7.57. The van der Waals surface area contributed by atoms with Gasteiger partial charge in [-0.2, -0.15) is 0 Å². The minimum atomic E-state index is 0.370. The van der Waals surface area contributed by atoms with Crippen LogP contribution >= 0.6 is 0 Å². The van der Waals surface area contributed by atoms with Crippen LogP contribution in [0.2, 0.25) is 0 Å². The summed E-state index contributed by atoms with van der Waals surface area (Å²) >= 11 is 0. The van der Waals surface area contributed by atoms with Gasteiger partial charge in [-0.1, -0.05) is 30.3 Å². The molecule has 0 spiro atoms. The van der Waals surface area contributed by atoms with E-state index in [9.17, 15) is 5.11 Å². The van der Waals surface area contributed by atoms with Gasteiger partial charge in [0.25, 0.3) is 0 Å². The lowest BCUT2D eigenvalue weighted by molar-refractivity contribution is 0.388. The number of hydrogen-bond donors (Lipinski definition) is 2. The molecular weight excluding hydrogens is 272 g/mol. The van der Waals surface area contributed by atoms with Crippen LogP contribution in [0.3, 0.4) is 0 Å². The number of fused-ring (bicyclic) bond motifs is 1. The van der Waals surface area contributed by atoms with E-state index in [-0.39, 0.29) is 0 Å². The highest BCUT2D eigenvalue weighted by atomic mass is 16.3. The summed E-state index contributed by atoms with van der Waals surface area (Å²) in [6, 6.07) is 14.2. The van der Waals surface area contributed by atoms with E-state index in [0.29, 0.717) is 5.75 Å². The van der Waals surface area contributed by atoms with Crippen molar-refractivity contribution in [2.24, 2.45) is 0 Å². The smallest absolute Gasteiger partial charge is 0.120 e. The van der Waals surface area contributed by atoms with Gasteiger partial charge in [0.15, 0.2) is 0 Å². The standard InChI is InChI=1S/C19H22N2O/c1-13-15(11-14-7-5-4-6-8-14)19-16(12-21(2)3)18(22)10-9-17(19)20-13/h4-10,20,22H,11-12H2,1-3H3. The second kappa shape index (κ2) is 5.85. The van der Waals surface area contributed by atoms with Crippen LogP contribution in [-0.2, 0) is 13.0 Å². The number of aryl methyl sites for hydroxylation is 1. The first kappa shape index (κ1) is 14.7. The average Bonchev–Trinajstić information content (AvgIpc) is 2.80.